The van der Waals surface area contributed by atoms with Gasteiger partial charge < -0.3 is 17.7 Å². The Labute approximate surface area is 165 Å². The van der Waals surface area contributed by atoms with Crippen molar-refractivity contribution in [2.45, 2.75) is 104 Å². The van der Waals surface area contributed by atoms with Crippen molar-refractivity contribution in [3.8, 4) is 0 Å². The van der Waals surface area contributed by atoms with Gasteiger partial charge in [0.15, 0.2) is 0 Å². The topological polar surface area (TPSA) is 36.9 Å². The molecule has 0 aliphatic rings. The molecule has 26 heavy (non-hydrogen) atoms. The van der Waals surface area contributed by atoms with E-state index >= 15 is 0 Å². The highest BCUT2D eigenvalue weighted by Gasteiger charge is 2.43. The van der Waals surface area contributed by atoms with E-state index in [1.807, 2.05) is 0 Å². The van der Waals surface area contributed by atoms with Crippen LogP contribution in [0.4, 0.5) is 0 Å². The van der Waals surface area contributed by atoms with Crippen LogP contribution in [0.25, 0.3) is 0 Å². The van der Waals surface area contributed by atoms with Crippen molar-refractivity contribution in [3.63, 3.8) is 0 Å². The van der Waals surface area contributed by atoms with Crippen molar-refractivity contribution >= 4 is 17.1 Å². The first kappa shape index (κ1) is 26.3. The van der Waals surface area contributed by atoms with E-state index < -0.39 is 17.1 Å². The summed E-state index contributed by atoms with van der Waals surface area (Å²) in [6.07, 6.45) is 6.42. The minimum Gasteiger partial charge on any atom is -0.394 e. The average molecular weight is 407 g/mol. The molecule has 158 valence electrons. The minimum absolute atomic E-state index is 0.809. The van der Waals surface area contributed by atoms with Gasteiger partial charge in [0, 0.05) is 26.4 Å². The monoisotopic (exact) mass is 406 g/mol. The Balaban J connectivity index is 5.27. The molecule has 0 atom stereocenters. The molecule has 0 unspecified atom stereocenters. The quantitative estimate of drug-likeness (QED) is 0.233. The van der Waals surface area contributed by atoms with E-state index in [4.69, 9.17) is 17.7 Å². The highest BCUT2D eigenvalue weighted by atomic mass is 28.4. The standard InChI is InChI=1S/C20H46O4Si2/c1-7-13-21-25(17-11-5,22-14-8-2)19-20-26(18-12-6,23-15-9-3)24-16-10-4/h7-20H2,1-6H3. The summed E-state index contributed by atoms with van der Waals surface area (Å²) in [5.74, 6) is 0. The summed E-state index contributed by atoms with van der Waals surface area (Å²) >= 11 is 0. The zero-order valence-corrected chi connectivity index (χ0v) is 20.5. The van der Waals surface area contributed by atoms with E-state index in [-0.39, 0.29) is 0 Å². The first-order chi connectivity index (χ1) is 12.6. The SMILES string of the molecule is CCCO[Si](CCC)(CC[Si](CCC)(OCCC)OCCC)OCCC. The zero-order chi connectivity index (χ0) is 19.7. The fraction of sp³-hybridized carbons (Fsp3) is 1.00. The van der Waals surface area contributed by atoms with Gasteiger partial charge in [-0.25, -0.2) is 0 Å². The molecule has 0 rings (SSSR count). The molecule has 0 amide bonds. The summed E-state index contributed by atoms with van der Waals surface area (Å²) in [7, 11) is -4.36. The summed E-state index contributed by atoms with van der Waals surface area (Å²) in [6, 6.07) is 4.18. The smallest absolute Gasteiger partial charge is 0.338 e. The second-order valence-corrected chi connectivity index (χ2v) is 14.0. The van der Waals surface area contributed by atoms with Gasteiger partial charge in [0.25, 0.3) is 0 Å². The maximum atomic E-state index is 6.43. The third kappa shape index (κ3) is 10.6. The highest BCUT2D eigenvalue weighted by molar-refractivity contribution is 6.73. The van der Waals surface area contributed by atoms with Gasteiger partial charge in [0.05, 0.1) is 0 Å². The first-order valence-corrected chi connectivity index (χ1v) is 15.6. The maximum absolute atomic E-state index is 6.43. The van der Waals surface area contributed by atoms with Gasteiger partial charge in [0.1, 0.15) is 0 Å². The predicted molar refractivity (Wildman–Crippen MR) is 116 cm³/mol. The van der Waals surface area contributed by atoms with Gasteiger partial charge >= 0.3 is 17.1 Å². The van der Waals surface area contributed by atoms with Crippen molar-refractivity contribution in [1.82, 2.24) is 0 Å². The molecule has 0 N–H and O–H groups in total. The van der Waals surface area contributed by atoms with Gasteiger partial charge in [-0.05, 0) is 49.9 Å². The molecule has 0 aromatic rings. The summed E-state index contributed by atoms with van der Waals surface area (Å²) in [5, 5.41) is 0. The molecule has 0 radical (unpaired) electrons. The predicted octanol–water partition coefficient (Wildman–Crippen LogP) is 6.40. The second kappa shape index (κ2) is 16.2. The molecule has 0 aromatic heterocycles. The largest absolute Gasteiger partial charge is 0.394 e. The molecule has 0 bridgehead atoms. The Morgan fingerprint density at radius 2 is 0.654 bits per heavy atom. The lowest BCUT2D eigenvalue weighted by Crippen LogP contribution is -2.48. The lowest BCUT2D eigenvalue weighted by atomic mass is 10.5. The van der Waals surface area contributed by atoms with Crippen LogP contribution in [0.2, 0.25) is 24.2 Å². The van der Waals surface area contributed by atoms with E-state index in [1.54, 1.807) is 0 Å². The second-order valence-electron chi connectivity index (χ2n) is 7.22. The molecule has 0 saturated heterocycles. The van der Waals surface area contributed by atoms with Crippen LogP contribution in [-0.2, 0) is 17.7 Å². The molecule has 0 heterocycles. The fourth-order valence-electron chi connectivity index (χ4n) is 3.21. The molecular formula is C20H46O4Si2. The van der Waals surface area contributed by atoms with Crippen LogP contribution in [0.5, 0.6) is 0 Å². The molecule has 0 fully saturated rings. The molecule has 6 heteroatoms. The Morgan fingerprint density at radius 3 is 0.846 bits per heavy atom. The molecule has 0 aromatic carbocycles. The molecule has 4 nitrogen and oxygen atoms in total. The van der Waals surface area contributed by atoms with Crippen molar-refractivity contribution in [2.24, 2.45) is 0 Å². The zero-order valence-electron chi connectivity index (χ0n) is 18.5. The van der Waals surface area contributed by atoms with E-state index in [0.717, 1.165) is 89.1 Å². The van der Waals surface area contributed by atoms with Crippen molar-refractivity contribution in [3.05, 3.63) is 0 Å². The van der Waals surface area contributed by atoms with E-state index in [1.165, 1.54) is 0 Å². The molecule has 0 aliphatic carbocycles. The highest BCUT2D eigenvalue weighted by Crippen LogP contribution is 2.31. The van der Waals surface area contributed by atoms with Crippen LogP contribution in [0.15, 0.2) is 0 Å². The molecule has 0 spiro atoms. The van der Waals surface area contributed by atoms with Gasteiger partial charge in [-0.1, -0.05) is 54.4 Å². The third-order valence-corrected chi connectivity index (χ3v) is 12.4. The van der Waals surface area contributed by atoms with Crippen molar-refractivity contribution < 1.29 is 17.7 Å². The van der Waals surface area contributed by atoms with Crippen molar-refractivity contribution in [1.29, 1.82) is 0 Å². The Kier molecular flexibility index (Phi) is 16.4. The van der Waals surface area contributed by atoms with E-state index in [2.05, 4.69) is 41.5 Å². The molecule has 0 aliphatic heterocycles. The van der Waals surface area contributed by atoms with Crippen LogP contribution in [0, 0.1) is 0 Å². The fourth-order valence-corrected chi connectivity index (χ4v) is 11.9. The maximum Gasteiger partial charge on any atom is 0.338 e. The lowest BCUT2D eigenvalue weighted by Gasteiger charge is -2.36. The third-order valence-electron chi connectivity index (χ3n) is 4.43. The van der Waals surface area contributed by atoms with Crippen LogP contribution in [-0.4, -0.2) is 43.5 Å². The van der Waals surface area contributed by atoms with Gasteiger partial charge in [0.2, 0.25) is 0 Å². The Morgan fingerprint density at radius 1 is 0.385 bits per heavy atom. The normalized spacial score (nSPS) is 12.7. The Bertz CT molecular complexity index is 270. The van der Waals surface area contributed by atoms with Crippen LogP contribution in [0.1, 0.15) is 80.1 Å². The van der Waals surface area contributed by atoms with E-state index in [9.17, 15) is 0 Å². The molecule has 0 saturated carbocycles. The molecular weight excluding hydrogens is 360 g/mol. The van der Waals surface area contributed by atoms with Gasteiger partial charge in [-0.15, -0.1) is 0 Å². The van der Waals surface area contributed by atoms with Crippen LogP contribution in [0.3, 0.4) is 0 Å². The van der Waals surface area contributed by atoms with Crippen LogP contribution < -0.4 is 0 Å². The Hall–Kier alpha value is 0.274. The van der Waals surface area contributed by atoms with Crippen molar-refractivity contribution in [2.75, 3.05) is 26.4 Å². The summed E-state index contributed by atoms with van der Waals surface area (Å²) in [4.78, 5) is 0. The van der Waals surface area contributed by atoms with Gasteiger partial charge in [-0.2, -0.15) is 0 Å². The van der Waals surface area contributed by atoms with Gasteiger partial charge in [-0.3, -0.25) is 0 Å². The summed E-state index contributed by atoms with van der Waals surface area (Å²) in [6.45, 7) is 16.4. The lowest BCUT2D eigenvalue weighted by molar-refractivity contribution is 0.155. The first-order valence-electron chi connectivity index (χ1n) is 11.1. The van der Waals surface area contributed by atoms with Crippen LogP contribution >= 0.6 is 0 Å². The van der Waals surface area contributed by atoms with E-state index in [0.29, 0.717) is 0 Å². The average Bonchev–Trinajstić information content (AvgIpc) is 2.66. The number of hydrogen-bond donors (Lipinski definition) is 0. The summed E-state index contributed by atoms with van der Waals surface area (Å²) in [5.41, 5.74) is 0. The minimum atomic E-state index is -2.18. The number of hydrogen-bond acceptors (Lipinski definition) is 4. The number of rotatable bonds is 19. The summed E-state index contributed by atoms with van der Waals surface area (Å²) < 4.78 is 25.7.